The van der Waals surface area contributed by atoms with Gasteiger partial charge in [0.2, 0.25) is 11.9 Å². The SMILES string of the molecule is CCCCCC(=O)Oc1ccc(-c2coc3cc(OC4(C)O[C@H](C(=O)O)[C@@H](OC(C)=O)[C@H](OC(C)=O)[C@H]4OC(C)=O)ccc3c2=O)cc1. The number of esters is 4. The van der Waals surface area contributed by atoms with Crippen molar-refractivity contribution < 1.29 is 61.9 Å². The molecule has 5 atom stereocenters. The maximum absolute atomic E-state index is 13.4. The van der Waals surface area contributed by atoms with E-state index in [1.54, 1.807) is 24.3 Å². The summed E-state index contributed by atoms with van der Waals surface area (Å²) < 4.78 is 38.8. The number of carbonyl (C=O) groups excluding carboxylic acids is 4. The largest absolute Gasteiger partial charge is 0.479 e. The van der Waals surface area contributed by atoms with Crippen LogP contribution in [0.15, 0.2) is 57.9 Å². The molecule has 1 aliphatic rings. The van der Waals surface area contributed by atoms with Gasteiger partial charge in [0.1, 0.15) is 23.3 Å². The first kappa shape index (κ1) is 35.6. The number of benzene rings is 2. The summed E-state index contributed by atoms with van der Waals surface area (Å²) in [4.78, 5) is 73.7. The zero-order valence-electron chi connectivity index (χ0n) is 27.0. The molecule has 0 bridgehead atoms. The van der Waals surface area contributed by atoms with Crippen LogP contribution in [-0.4, -0.2) is 65.2 Å². The van der Waals surface area contributed by atoms with Gasteiger partial charge in [-0.2, -0.15) is 0 Å². The van der Waals surface area contributed by atoms with Gasteiger partial charge in [0, 0.05) is 40.2 Å². The number of hydrogen-bond donors (Lipinski definition) is 1. The van der Waals surface area contributed by atoms with Crippen LogP contribution >= 0.6 is 0 Å². The van der Waals surface area contributed by atoms with Crippen molar-refractivity contribution >= 4 is 40.8 Å². The molecule has 0 aliphatic carbocycles. The molecule has 3 aromatic rings. The predicted octanol–water partition coefficient (Wildman–Crippen LogP) is 4.32. The van der Waals surface area contributed by atoms with Gasteiger partial charge in [0.15, 0.2) is 23.7 Å². The standard InChI is InChI=1S/C34H36O14/c1-6-7-8-9-27(38)46-22-12-10-21(11-13-22)25-17-42-26-16-23(14-15-24(26)28(25)39)47-34(5)32(45-20(4)37)30(44-19(3)36)29(43-18(2)35)31(48-34)33(40)41/h10-17,29-32H,6-9H2,1-5H3,(H,40,41)/t29-,30-,31-,32+,34?/m0/s1. The number of rotatable bonds is 12. The minimum Gasteiger partial charge on any atom is -0.479 e. The quantitative estimate of drug-likeness (QED) is 0.124. The number of carbonyl (C=O) groups is 5. The van der Waals surface area contributed by atoms with Crippen molar-refractivity contribution in [2.45, 2.75) is 90.5 Å². The fourth-order valence-corrected chi connectivity index (χ4v) is 5.31. The van der Waals surface area contributed by atoms with Gasteiger partial charge in [-0.15, -0.1) is 0 Å². The third-order valence-electron chi connectivity index (χ3n) is 7.39. The lowest BCUT2D eigenvalue weighted by Gasteiger charge is -2.48. The van der Waals surface area contributed by atoms with Crippen LogP contribution < -0.4 is 14.9 Å². The molecule has 48 heavy (non-hydrogen) atoms. The van der Waals surface area contributed by atoms with E-state index in [4.69, 9.17) is 32.8 Å². The number of unbranched alkanes of at least 4 members (excludes halogenated alkanes) is 2. The van der Waals surface area contributed by atoms with Gasteiger partial charge in [-0.3, -0.25) is 24.0 Å². The second-order valence-corrected chi connectivity index (χ2v) is 11.3. The maximum Gasteiger partial charge on any atom is 0.337 e. The monoisotopic (exact) mass is 668 g/mol. The van der Waals surface area contributed by atoms with Crippen molar-refractivity contribution in [3.63, 3.8) is 0 Å². The van der Waals surface area contributed by atoms with Gasteiger partial charge < -0.3 is 37.9 Å². The molecule has 1 aromatic heterocycles. The lowest BCUT2D eigenvalue weighted by molar-refractivity contribution is -0.326. The molecular weight excluding hydrogens is 632 g/mol. The van der Waals surface area contributed by atoms with Crippen molar-refractivity contribution in [2.24, 2.45) is 0 Å². The first-order chi connectivity index (χ1) is 22.7. The Bertz CT molecular complexity index is 1740. The van der Waals surface area contributed by atoms with E-state index in [0.29, 0.717) is 17.7 Å². The Morgan fingerprint density at radius 1 is 0.854 bits per heavy atom. The molecule has 0 amide bonds. The number of ether oxygens (including phenoxy) is 6. The van der Waals surface area contributed by atoms with Crippen LogP contribution in [0.1, 0.15) is 60.3 Å². The summed E-state index contributed by atoms with van der Waals surface area (Å²) in [5, 5.41) is 10.1. The van der Waals surface area contributed by atoms with E-state index in [1.807, 2.05) is 6.92 Å². The minimum atomic E-state index is -2.12. The van der Waals surface area contributed by atoms with Crippen LogP contribution in [0.2, 0.25) is 0 Å². The zero-order valence-corrected chi connectivity index (χ0v) is 27.0. The zero-order chi connectivity index (χ0) is 35.2. The average Bonchev–Trinajstić information content (AvgIpc) is 3.00. The van der Waals surface area contributed by atoms with E-state index in [-0.39, 0.29) is 33.7 Å². The van der Waals surface area contributed by atoms with E-state index < -0.39 is 54.1 Å². The van der Waals surface area contributed by atoms with Gasteiger partial charge >= 0.3 is 29.8 Å². The van der Waals surface area contributed by atoms with Crippen LogP contribution in [0.25, 0.3) is 22.1 Å². The van der Waals surface area contributed by atoms with Gasteiger partial charge in [0.25, 0.3) is 0 Å². The van der Waals surface area contributed by atoms with Crippen molar-refractivity contribution in [2.75, 3.05) is 0 Å². The summed E-state index contributed by atoms with van der Waals surface area (Å²) in [6.07, 6.45) is -2.66. The van der Waals surface area contributed by atoms with Gasteiger partial charge in [0.05, 0.1) is 10.9 Å². The van der Waals surface area contributed by atoms with E-state index in [9.17, 15) is 33.9 Å². The Kier molecular flexibility index (Phi) is 11.2. The number of fused-ring (bicyclic) bond motifs is 1. The lowest BCUT2D eigenvalue weighted by Crippen LogP contribution is -2.69. The van der Waals surface area contributed by atoms with Crippen molar-refractivity contribution in [3.8, 4) is 22.6 Å². The molecule has 14 nitrogen and oxygen atoms in total. The van der Waals surface area contributed by atoms with Crippen molar-refractivity contribution in [3.05, 3.63) is 59.0 Å². The molecule has 1 aliphatic heterocycles. The highest BCUT2D eigenvalue weighted by Gasteiger charge is 2.61. The molecule has 0 spiro atoms. The number of carboxylic acids is 1. The highest BCUT2D eigenvalue weighted by Crippen LogP contribution is 2.38. The molecule has 256 valence electrons. The minimum absolute atomic E-state index is 0.000178. The van der Waals surface area contributed by atoms with Crippen LogP contribution in [-0.2, 0) is 42.9 Å². The van der Waals surface area contributed by atoms with E-state index in [0.717, 1.165) is 40.0 Å². The average molecular weight is 669 g/mol. The summed E-state index contributed by atoms with van der Waals surface area (Å²) in [5.74, 6) is -6.34. The first-order valence-electron chi connectivity index (χ1n) is 15.2. The summed E-state index contributed by atoms with van der Waals surface area (Å²) in [6.45, 7) is 6.42. The Balaban J connectivity index is 1.64. The Morgan fingerprint density at radius 2 is 1.48 bits per heavy atom. The molecule has 1 saturated heterocycles. The van der Waals surface area contributed by atoms with Gasteiger partial charge in [-0.25, -0.2) is 4.79 Å². The maximum atomic E-state index is 13.4. The molecule has 2 heterocycles. The van der Waals surface area contributed by atoms with Gasteiger partial charge in [-0.1, -0.05) is 31.9 Å². The van der Waals surface area contributed by atoms with Crippen LogP contribution in [0.3, 0.4) is 0 Å². The van der Waals surface area contributed by atoms with Crippen LogP contribution in [0.5, 0.6) is 11.5 Å². The number of carboxylic acid groups (broad SMARTS) is 1. The summed E-state index contributed by atoms with van der Waals surface area (Å²) in [6, 6.07) is 10.6. The smallest absolute Gasteiger partial charge is 0.337 e. The fourth-order valence-electron chi connectivity index (χ4n) is 5.31. The molecular formula is C34H36O14. The second kappa shape index (κ2) is 15.1. The van der Waals surface area contributed by atoms with Crippen LogP contribution in [0.4, 0.5) is 0 Å². The highest BCUT2D eigenvalue weighted by molar-refractivity contribution is 5.83. The Labute approximate surface area is 274 Å². The third-order valence-corrected chi connectivity index (χ3v) is 7.39. The molecule has 1 unspecified atom stereocenters. The molecule has 14 heteroatoms. The third kappa shape index (κ3) is 8.37. The molecule has 1 N–H and O–H groups in total. The van der Waals surface area contributed by atoms with Crippen LogP contribution in [0, 0.1) is 0 Å². The summed E-state index contributed by atoms with van der Waals surface area (Å²) in [7, 11) is 0. The van der Waals surface area contributed by atoms with Gasteiger partial charge in [-0.05, 0) is 36.2 Å². The molecule has 1 fully saturated rings. The van der Waals surface area contributed by atoms with E-state index >= 15 is 0 Å². The molecule has 4 rings (SSSR count). The second-order valence-electron chi connectivity index (χ2n) is 11.3. The van der Waals surface area contributed by atoms with Crippen molar-refractivity contribution in [1.29, 1.82) is 0 Å². The van der Waals surface area contributed by atoms with Crippen molar-refractivity contribution in [1.82, 2.24) is 0 Å². The Morgan fingerprint density at radius 3 is 2.08 bits per heavy atom. The fraction of sp³-hybridized carbons (Fsp3) is 0.412. The normalized spacial score (nSPS) is 21.9. The highest BCUT2D eigenvalue weighted by atomic mass is 16.8. The Hall–Kier alpha value is -5.24. The summed E-state index contributed by atoms with van der Waals surface area (Å²) in [5.41, 5.74) is 0.462. The molecule has 2 aromatic carbocycles. The molecule has 0 radical (unpaired) electrons. The van der Waals surface area contributed by atoms with E-state index in [2.05, 4.69) is 0 Å². The topological polar surface area (TPSA) is 191 Å². The van der Waals surface area contributed by atoms with E-state index in [1.165, 1.54) is 31.4 Å². The molecule has 0 saturated carbocycles. The first-order valence-corrected chi connectivity index (χ1v) is 15.2. The summed E-state index contributed by atoms with van der Waals surface area (Å²) >= 11 is 0. The predicted molar refractivity (Wildman–Crippen MR) is 166 cm³/mol. The number of hydrogen-bond acceptors (Lipinski definition) is 13. The number of aliphatic carboxylic acids is 1. The lowest BCUT2D eigenvalue weighted by atomic mass is 9.92.